The quantitative estimate of drug-likeness (QED) is 0.918. The monoisotopic (exact) mass is 314 g/mol. The number of nitrogens with one attached hydrogen (secondary N) is 1. The molecule has 1 aliphatic carbocycles. The molecular weight excluding hydrogens is 288 g/mol. The fourth-order valence-electron chi connectivity index (χ4n) is 3.58. The molecule has 1 N–H and O–H groups in total. The molecule has 1 saturated carbocycles. The molecule has 0 saturated heterocycles. The van der Waals surface area contributed by atoms with Gasteiger partial charge in [-0.15, -0.1) is 0 Å². The summed E-state index contributed by atoms with van der Waals surface area (Å²) in [6, 6.07) is 8.35. The summed E-state index contributed by atoms with van der Waals surface area (Å²) in [6.07, 6.45) is 7.80. The summed E-state index contributed by atoms with van der Waals surface area (Å²) in [7, 11) is 2.23. The Morgan fingerprint density at radius 1 is 1.22 bits per heavy atom. The molecule has 0 atom stereocenters. The van der Waals surface area contributed by atoms with E-state index in [1.54, 1.807) is 6.20 Å². The number of rotatable bonds is 5. The molecule has 4 nitrogen and oxygen atoms in total. The van der Waals surface area contributed by atoms with E-state index in [0.717, 1.165) is 24.0 Å². The highest BCUT2D eigenvalue weighted by Crippen LogP contribution is 2.27. The number of pyridine rings is 1. The van der Waals surface area contributed by atoms with Gasteiger partial charge in [-0.05, 0) is 75.3 Å². The van der Waals surface area contributed by atoms with E-state index >= 15 is 0 Å². The third-order valence-electron chi connectivity index (χ3n) is 4.89. The first-order valence-corrected chi connectivity index (χ1v) is 8.65. The van der Waals surface area contributed by atoms with Gasteiger partial charge in [0.25, 0.3) is 5.56 Å². The maximum Gasteiger partial charge on any atom is 0.255 e. The SMILES string of the molecule is CCCN(C)C1CCC(Oc2ccc3c(=O)[nH]ccc3c2)CC1. The van der Waals surface area contributed by atoms with Crippen LogP contribution in [-0.4, -0.2) is 35.6 Å². The zero-order valence-corrected chi connectivity index (χ0v) is 14.0. The summed E-state index contributed by atoms with van der Waals surface area (Å²) in [5.41, 5.74) is -0.0477. The molecule has 1 fully saturated rings. The van der Waals surface area contributed by atoms with E-state index < -0.39 is 0 Å². The van der Waals surface area contributed by atoms with Gasteiger partial charge in [-0.25, -0.2) is 0 Å². The van der Waals surface area contributed by atoms with Crippen molar-refractivity contribution in [3.05, 3.63) is 40.8 Å². The van der Waals surface area contributed by atoms with E-state index in [0.29, 0.717) is 17.5 Å². The maximum absolute atomic E-state index is 11.7. The molecule has 1 aromatic carbocycles. The highest BCUT2D eigenvalue weighted by molar-refractivity contribution is 5.82. The van der Waals surface area contributed by atoms with Crippen LogP contribution in [-0.2, 0) is 0 Å². The molecule has 0 spiro atoms. The summed E-state index contributed by atoms with van der Waals surface area (Å²) in [6.45, 7) is 3.41. The van der Waals surface area contributed by atoms with Crippen molar-refractivity contribution in [2.75, 3.05) is 13.6 Å². The number of hydrogen-bond acceptors (Lipinski definition) is 3. The summed E-state index contributed by atoms with van der Waals surface area (Å²) < 4.78 is 6.16. The smallest absolute Gasteiger partial charge is 0.255 e. The van der Waals surface area contributed by atoms with Crippen LogP contribution in [0, 0.1) is 0 Å². The van der Waals surface area contributed by atoms with E-state index in [1.807, 2.05) is 24.3 Å². The maximum atomic E-state index is 11.7. The first kappa shape index (κ1) is 16.1. The van der Waals surface area contributed by atoms with Gasteiger partial charge in [0, 0.05) is 17.6 Å². The minimum absolute atomic E-state index is 0.0477. The average Bonchev–Trinajstić information content (AvgIpc) is 2.56. The topological polar surface area (TPSA) is 45.3 Å². The minimum Gasteiger partial charge on any atom is -0.490 e. The molecule has 3 rings (SSSR count). The average molecular weight is 314 g/mol. The summed E-state index contributed by atoms with van der Waals surface area (Å²) >= 11 is 0. The molecule has 2 aromatic rings. The lowest BCUT2D eigenvalue weighted by molar-refractivity contribution is 0.101. The van der Waals surface area contributed by atoms with Crippen molar-refractivity contribution in [3.8, 4) is 5.75 Å². The van der Waals surface area contributed by atoms with E-state index in [4.69, 9.17) is 4.74 Å². The lowest BCUT2D eigenvalue weighted by atomic mass is 9.92. The van der Waals surface area contributed by atoms with Crippen molar-refractivity contribution >= 4 is 10.8 Å². The van der Waals surface area contributed by atoms with Crippen molar-refractivity contribution in [1.29, 1.82) is 0 Å². The molecule has 1 aromatic heterocycles. The normalized spacial score (nSPS) is 21.7. The summed E-state index contributed by atoms with van der Waals surface area (Å²) in [4.78, 5) is 16.9. The van der Waals surface area contributed by atoms with Gasteiger partial charge in [0.15, 0.2) is 0 Å². The second-order valence-electron chi connectivity index (χ2n) is 6.58. The van der Waals surface area contributed by atoms with Gasteiger partial charge < -0.3 is 14.6 Å². The zero-order valence-electron chi connectivity index (χ0n) is 14.0. The molecule has 0 aliphatic heterocycles. The van der Waals surface area contributed by atoms with Crippen LogP contribution in [0.2, 0.25) is 0 Å². The second kappa shape index (κ2) is 7.18. The van der Waals surface area contributed by atoms with Gasteiger partial charge in [0.05, 0.1) is 6.10 Å². The first-order chi connectivity index (χ1) is 11.2. The summed E-state index contributed by atoms with van der Waals surface area (Å²) in [5, 5.41) is 1.65. The Balaban J connectivity index is 1.62. The molecule has 23 heavy (non-hydrogen) atoms. The van der Waals surface area contributed by atoms with Crippen molar-refractivity contribution in [2.24, 2.45) is 0 Å². The molecule has 0 amide bonds. The lowest BCUT2D eigenvalue weighted by Gasteiger charge is -2.34. The highest BCUT2D eigenvalue weighted by atomic mass is 16.5. The molecule has 0 radical (unpaired) electrons. The number of aromatic amines is 1. The van der Waals surface area contributed by atoms with E-state index in [-0.39, 0.29) is 5.56 Å². The molecule has 4 heteroatoms. The third-order valence-corrected chi connectivity index (χ3v) is 4.89. The van der Waals surface area contributed by atoms with Gasteiger partial charge in [-0.3, -0.25) is 4.79 Å². The number of aromatic nitrogens is 1. The zero-order chi connectivity index (χ0) is 16.2. The number of H-pyrrole nitrogens is 1. The van der Waals surface area contributed by atoms with Crippen LogP contribution >= 0.6 is 0 Å². The van der Waals surface area contributed by atoms with Crippen molar-refractivity contribution < 1.29 is 4.74 Å². The Hall–Kier alpha value is -1.81. The van der Waals surface area contributed by atoms with Crippen LogP contribution in [0.5, 0.6) is 5.75 Å². The van der Waals surface area contributed by atoms with E-state index in [1.165, 1.54) is 25.8 Å². The molecule has 124 valence electrons. The molecule has 1 aliphatic rings. The Kier molecular flexibility index (Phi) is 5.01. The Morgan fingerprint density at radius 3 is 2.74 bits per heavy atom. The Labute approximate surface area is 137 Å². The second-order valence-corrected chi connectivity index (χ2v) is 6.58. The van der Waals surface area contributed by atoms with E-state index in [9.17, 15) is 4.79 Å². The van der Waals surface area contributed by atoms with Crippen molar-refractivity contribution in [3.63, 3.8) is 0 Å². The van der Waals surface area contributed by atoms with Gasteiger partial charge >= 0.3 is 0 Å². The van der Waals surface area contributed by atoms with Crippen LogP contribution in [0.15, 0.2) is 35.3 Å². The number of fused-ring (bicyclic) bond motifs is 1. The largest absolute Gasteiger partial charge is 0.490 e. The van der Waals surface area contributed by atoms with Gasteiger partial charge in [-0.1, -0.05) is 6.92 Å². The van der Waals surface area contributed by atoms with E-state index in [2.05, 4.69) is 23.9 Å². The fraction of sp³-hybridized carbons (Fsp3) is 0.526. The van der Waals surface area contributed by atoms with Gasteiger partial charge in [0.1, 0.15) is 5.75 Å². The van der Waals surface area contributed by atoms with Crippen LogP contribution in [0.3, 0.4) is 0 Å². The Bertz CT molecular complexity index is 702. The predicted octanol–water partition coefficient (Wildman–Crippen LogP) is 3.56. The number of hydrogen-bond donors (Lipinski definition) is 1. The first-order valence-electron chi connectivity index (χ1n) is 8.65. The van der Waals surface area contributed by atoms with Crippen LogP contribution < -0.4 is 10.3 Å². The van der Waals surface area contributed by atoms with Crippen LogP contribution in [0.25, 0.3) is 10.8 Å². The number of benzene rings is 1. The van der Waals surface area contributed by atoms with Crippen LogP contribution in [0.4, 0.5) is 0 Å². The molecule has 0 unspecified atom stereocenters. The van der Waals surface area contributed by atoms with Gasteiger partial charge in [-0.2, -0.15) is 0 Å². The number of ether oxygens (including phenoxy) is 1. The molecule has 1 heterocycles. The predicted molar refractivity (Wildman–Crippen MR) is 94.2 cm³/mol. The summed E-state index contributed by atoms with van der Waals surface area (Å²) in [5.74, 6) is 0.869. The lowest BCUT2D eigenvalue weighted by Crippen LogP contribution is -2.38. The third kappa shape index (κ3) is 3.75. The Morgan fingerprint density at radius 2 is 2.00 bits per heavy atom. The number of nitrogens with zero attached hydrogens (tertiary/aromatic N) is 1. The van der Waals surface area contributed by atoms with Crippen LogP contribution in [0.1, 0.15) is 39.0 Å². The minimum atomic E-state index is -0.0477. The van der Waals surface area contributed by atoms with Gasteiger partial charge in [0.2, 0.25) is 0 Å². The highest BCUT2D eigenvalue weighted by Gasteiger charge is 2.24. The standard InChI is InChI=1S/C19H26N2O2/c1-3-12-21(2)15-4-6-16(7-5-15)23-17-8-9-18-14(13-17)10-11-20-19(18)22/h8-11,13,15-16H,3-7,12H2,1-2H3,(H,20,22). The molecule has 0 bridgehead atoms. The van der Waals surface area contributed by atoms with Crippen molar-refractivity contribution in [1.82, 2.24) is 9.88 Å². The molecular formula is C19H26N2O2. The van der Waals surface area contributed by atoms with Crippen molar-refractivity contribution in [2.45, 2.75) is 51.2 Å². The fourth-order valence-corrected chi connectivity index (χ4v) is 3.58.